The van der Waals surface area contributed by atoms with E-state index in [1.165, 1.54) is 12.1 Å². The van der Waals surface area contributed by atoms with Crippen molar-refractivity contribution in [3.8, 4) is 34.5 Å². The van der Waals surface area contributed by atoms with E-state index < -0.39 is 17.2 Å². The van der Waals surface area contributed by atoms with Crippen LogP contribution in [0.4, 0.5) is 32.9 Å². The van der Waals surface area contributed by atoms with Crippen molar-refractivity contribution in [1.82, 2.24) is 49.3 Å². The molecular weight excluding hydrogens is 1210 g/mol. The molecule has 4 aromatic carbocycles. The van der Waals surface area contributed by atoms with Crippen LogP contribution in [0.15, 0.2) is 170 Å². The van der Waals surface area contributed by atoms with E-state index >= 15 is 0 Å². The van der Waals surface area contributed by atoms with Gasteiger partial charge in [-0.3, -0.25) is 4.79 Å². The molecule has 2 fully saturated rings. The molecule has 10 aromatic rings. The van der Waals surface area contributed by atoms with Gasteiger partial charge in [-0.25, -0.2) is 43.7 Å². The zero-order valence-electron chi connectivity index (χ0n) is 54.1. The normalized spacial score (nSPS) is 14.4. The molecule has 8 heterocycles. The van der Waals surface area contributed by atoms with Crippen molar-refractivity contribution in [2.24, 2.45) is 0 Å². The summed E-state index contributed by atoms with van der Waals surface area (Å²) >= 11 is 0. The summed E-state index contributed by atoms with van der Waals surface area (Å²) in [6, 6.07) is 42.8. The first-order chi connectivity index (χ1) is 45.6. The highest BCUT2D eigenvalue weighted by Gasteiger charge is 2.33. The van der Waals surface area contributed by atoms with E-state index in [2.05, 4.69) is 35.9 Å². The summed E-state index contributed by atoms with van der Waals surface area (Å²) < 4.78 is 38.0. The summed E-state index contributed by atoms with van der Waals surface area (Å²) in [5, 5.41) is 30.3. The predicted molar refractivity (Wildman–Crippen MR) is 360 cm³/mol. The quantitative estimate of drug-likeness (QED) is 0.0566. The molecule has 0 unspecified atom stereocenters. The first-order valence-corrected chi connectivity index (χ1v) is 30.8. The summed E-state index contributed by atoms with van der Waals surface area (Å²) in [4.78, 5) is 70.0. The van der Waals surface area contributed by atoms with Crippen LogP contribution < -0.4 is 40.6 Å². The molecule has 2 aliphatic heterocycles. The fraction of sp³-hybridized carbons (Fsp3) is 0.286. The molecule has 3 amide bonds. The molecule has 2 aliphatic rings. The molecule has 6 N–H and O–H groups in total. The van der Waals surface area contributed by atoms with Gasteiger partial charge in [-0.05, 0) is 163 Å². The number of nitrogens with two attached hydrogens (primary N) is 1. The number of benzene rings is 4. The Kier molecular flexibility index (Phi) is 20.9. The van der Waals surface area contributed by atoms with E-state index in [1.807, 2.05) is 107 Å². The maximum Gasteiger partial charge on any atom is 0.410 e. The molecule has 25 heteroatoms. The number of pyridine rings is 4. The van der Waals surface area contributed by atoms with Gasteiger partial charge in [0.15, 0.2) is 22.9 Å². The van der Waals surface area contributed by atoms with Gasteiger partial charge in [0.2, 0.25) is 0 Å². The second-order valence-electron chi connectivity index (χ2n) is 24.3. The Morgan fingerprint density at radius 2 is 0.958 bits per heavy atom. The first-order valence-electron chi connectivity index (χ1n) is 30.8. The molecule has 0 radical (unpaired) electrons. The largest absolute Gasteiger partial charge is 0.497 e. The monoisotopic (exact) mass is 1290 g/mol. The number of fused-ring (bicyclic) bond motifs is 2. The highest BCUT2D eigenvalue weighted by atomic mass is 16.6. The third-order valence-corrected chi connectivity index (χ3v) is 14.8. The summed E-state index contributed by atoms with van der Waals surface area (Å²) in [6.45, 7) is 14.1. The first kappa shape index (κ1) is 66.4. The minimum atomic E-state index is -1.01. The highest BCUT2D eigenvalue weighted by Crippen LogP contribution is 2.38. The fourth-order valence-electron chi connectivity index (χ4n) is 10.3. The van der Waals surface area contributed by atoms with Crippen molar-refractivity contribution < 1.29 is 52.7 Å². The van der Waals surface area contributed by atoms with Gasteiger partial charge in [0, 0.05) is 80.7 Å². The number of hydrogen-bond donors (Lipinski definition) is 5. The Balaban J connectivity index is 0.000000189. The van der Waals surface area contributed by atoms with Crippen LogP contribution in [0.3, 0.4) is 0 Å². The number of hydrogen-bond acceptors (Lipinski definition) is 19. The smallest absolute Gasteiger partial charge is 0.410 e. The SMILES string of the molecule is COc1ccc(Cn2nc(N[C@@H]3CCN(C(=O)OC(C)(C)C)C3)c3c(Oc4ccc(C(=O)Nc5ccccn5)cc4)ccnc32)cc1.COc1ccc(Cn2nc(N[C@@H]3CCN(C(=O)OC(C)(C)C)C3)c3c(Oc4ccc(C(=O)O)cc4)ccnc32)cc1.Nc1ccccn1. The van der Waals surface area contributed by atoms with Gasteiger partial charge in [0.05, 0.1) is 32.9 Å². The number of ether oxygens (including phenoxy) is 6. The number of nitrogens with zero attached hydrogens (tertiary/aromatic N) is 10. The Hall–Kier alpha value is -11.5. The number of methoxy groups -OCH3 is 2. The number of carbonyl (C=O) groups is 4. The van der Waals surface area contributed by atoms with E-state index in [0.717, 1.165) is 35.5 Å². The lowest BCUT2D eigenvalue weighted by atomic mass is 10.2. The number of nitrogen functional groups attached to an aromatic ring is 1. The molecule has 2 atom stereocenters. The number of amides is 3. The number of likely N-dealkylation sites (tertiary alicyclic amines) is 2. The van der Waals surface area contributed by atoms with Crippen molar-refractivity contribution >= 4 is 69.4 Å². The molecule has 0 aliphatic carbocycles. The van der Waals surface area contributed by atoms with Crippen molar-refractivity contribution in [3.05, 3.63) is 193 Å². The average molecular weight is 1290 g/mol. The molecular formula is C70H76N14O11. The highest BCUT2D eigenvalue weighted by molar-refractivity contribution is 6.04. The van der Waals surface area contributed by atoms with Gasteiger partial charge in [-0.15, -0.1) is 0 Å². The number of carboxylic acid groups (broad SMARTS) is 1. The fourth-order valence-corrected chi connectivity index (χ4v) is 10.3. The molecule has 2 saturated heterocycles. The molecule has 492 valence electrons. The topological polar surface area (TPSA) is 300 Å². The molecule has 0 bridgehead atoms. The second kappa shape index (κ2) is 29.8. The van der Waals surface area contributed by atoms with Crippen LogP contribution in [-0.2, 0) is 22.6 Å². The number of aromatic nitrogens is 8. The zero-order chi connectivity index (χ0) is 67.2. The lowest BCUT2D eigenvalue weighted by molar-refractivity contribution is 0.0283. The third kappa shape index (κ3) is 18.0. The van der Waals surface area contributed by atoms with Gasteiger partial charge >= 0.3 is 18.2 Å². The second-order valence-corrected chi connectivity index (χ2v) is 24.3. The van der Waals surface area contributed by atoms with Gasteiger partial charge < -0.3 is 65.0 Å². The maximum atomic E-state index is 12.7. The summed E-state index contributed by atoms with van der Waals surface area (Å²) in [5.41, 5.74) is 8.02. The van der Waals surface area contributed by atoms with Crippen LogP contribution in [-0.4, -0.2) is 142 Å². The number of anilines is 4. The molecule has 0 saturated carbocycles. The van der Waals surface area contributed by atoms with Crippen molar-refractivity contribution in [2.75, 3.05) is 62.1 Å². The van der Waals surface area contributed by atoms with Gasteiger partial charge in [0.25, 0.3) is 5.91 Å². The number of rotatable bonds is 17. The van der Waals surface area contributed by atoms with E-state index in [4.69, 9.17) is 44.4 Å². The Labute approximate surface area is 549 Å². The van der Waals surface area contributed by atoms with Gasteiger partial charge in [0.1, 0.15) is 68.1 Å². The van der Waals surface area contributed by atoms with Crippen LogP contribution >= 0.6 is 0 Å². The minimum absolute atomic E-state index is 0.0555. The molecule has 95 heavy (non-hydrogen) atoms. The summed E-state index contributed by atoms with van der Waals surface area (Å²) in [7, 11) is 3.26. The Bertz CT molecular complexity index is 4240. The number of aromatic carboxylic acids is 1. The third-order valence-electron chi connectivity index (χ3n) is 14.8. The standard InChI is InChI=1S/C35H37N7O5.C30H33N5O6.C5H6N2/c1-35(2,3)47-34(44)41-20-17-25(22-41)38-31-30-28(16-19-37-32(30)42(40-31)21-23-8-12-26(45-4)13-9-23)46-27-14-10-24(11-15-27)33(43)39-29-7-5-6-18-36-29;1-30(2,3)41-29(38)34-16-14-21(18-34)32-26-25-24(40-23-11-7-20(8-12-23)28(36)37)13-15-31-27(25)35(33-26)17-19-5-9-22(39-4)10-6-19;6-5-3-1-2-4-7-5/h5-16,18-19,25H,17,20-22H2,1-4H3,(H,38,40)(H,36,39,43);5-13,15,21H,14,16-18H2,1-4H3,(H,32,33)(H,36,37);1-4H,(H2,6,7)/t25-;21-;/m11./s1. The maximum absolute atomic E-state index is 12.7. The molecule has 12 rings (SSSR count). The van der Waals surface area contributed by atoms with E-state index in [1.54, 1.807) is 126 Å². The molecule has 25 nitrogen and oxygen atoms in total. The van der Waals surface area contributed by atoms with Crippen LogP contribution in [0.25, 0.3) is 22.1 Å². The lowest BCUT2D eigenvalue weighted by Crippen LogP contribution is -2.36. The van der Waals surface area contributed by atoms with Crippen molar-refractivity contribution in [3.63, 3.8) is 0 Å². The Morgan fingerprint density at radius 3 is 1.34 bits per heavy atom. The number of carboxylic acids is 1. The van der Waals surface area contributed by atoms with Crippen LogP contribution in [0, 0.1) is 0 Å². The van der Waals surface area contributed by atoms with Gasteiger partial charge in [-0.2, -0.15) is 10.2 Å². The lowest BCUT2D eigenvalue weighted by Gasteiger charge is -2.24. The van der Waals surface area contributed by atoms with E-state index in [0.29, 0.717) is 113 Å². The van der Waals surface area contributed by atoms with Crippen molar-refractivity contribution in [2.45, 2.75) is 90.8 Å². The summed E-state index contributed by atoms with van der Waals surface area (Å²) in [5.74, 6) is 4.55. The van der Waals surface area contributed by atoms with Gasteiger partial charge in [-0.1, -0.05) is 36.4 Å². The van der Waals surface area contributed by atoms with Crippen LogP contribution in [0.5, 0.6) is 34.5 Å². The van der Waals surface area contributed by atoms with Crippen molar-refractivity contribution in [1.29, 1.82) is 0 Å². The van der Waals surface area contributed by atoms with Crippen LogP contribution in [0.1, 0.15) is 86.2 Å². The number of carbonyl (C=O) groups excluding carboxylic acids is 3. The zero-order valence-corrected chi connectivity index (χ0v) is 54.1. The Morgan fingerprint density at radius 1 is 0.526 bits per heavy atom. The van der Waals surface area contributed by atoms with Crippen LogP contribution in [0.2, 0.25) is 0 Å². The number of nitrogens with one attached hydrogen (secondary N) is 3. The average Bonchev–Trinajstić information content (AvgIpc) is 1.64. The molecule has 0 spiro atoms. The predicted octanol–water partition coefficient (Wildman–Crippen LogP) is 12.4. The van der Waals surface area contributed by atoms with E-state index in [-0.39, 0.29) is 35.7 Å². The van der Waals surface area contributed by atoms with E-state index in [9.17, 15) is 24.3 Å². The minimum Gasteiger partial charge on any atom is -0.497 e. The summed E-state index contributed by atoms with van der Waals surface area (Å²) in [6.07, 6.45) is 7.39. The molecule has 6 aromatic heterocycles.